The molecule has 0 aromatic heterocycles. The molecule has 0 amide bonds. The molecule has 1 rings (SSSR count). The minimum absolute atomic E-state index is 0.175. The Hall–Kier alpha value is -1.25. The van der Waals surface area contributed by atoms with E-state index in [-0.39, 0.29) is 6.42 Å². The smallest absolute Gasteiger partial charge is 0.277 e. The maximum absolute atomic E-state index is 14.2. The van der Waals surface area contributed by atoms with Crippen molar-refractivity contribution in [2.75, 3.05) is 0 Å². The fourth-order valence-corrected chi connectivity index (χ4v) is 2.75. The number of nitriles is 1. The summed E-state index contributed by atoms with van der Waals surface area (Å²) in [7, 11) is -2.11. The number of nitrogens with zero attached hydrogens (tertiary/aromatic N) is 1. The maximum atomic E-state index is 14.2. The average molecular weight is 283 g/mol. The molecule has 0 saturated heterocycles. The van der Waals surface area contributed by atoms with E-state index in [4.69, 9.17) is 9.69 Å². The van der Waals surface area contributed by atoms with Crippen LogP contribution in [0.3, 0.4) is 0 Å². The van der Waals surface area contributed by atoms with Crippen LogP contribution in [0, 0.1) is 11.3 Å². The van der Waals surface area contributed by atoms with Crippen molar-refractivity contribution in [3.05, 3.63) is 35.9 Å². The van der Waals surface area contributed by atoms with E-state index in [1.807, 2.05) is 19.6 Å². The van der Waals surface area contributed by atoms with E-state index in [1.54, 1.807) is 36.4 Å². The summed E-state index contributed by atoms with van der Waals surface area (Å²) in [5.41, 5.74) is 0.466. The summed E-state index contributed by atoms with van der Waals surface area (Å²) in [6.07, 6.45) is -1.92. The Labute approximate surface area is 114 Å². The summed E-state index contributed by atoms with van der Waals surface area (Å²) in [6, 6.07) is 10.3. The zero-order valence-corrected chi connectivity index (χ0v) is 12.5. The molecule has 104 valence electrons. The van der Waals surface area contributed by atoms with Crippen molar-refractivity contribution in [2.45, 2.75) is 44.5 Å². The minimum Gasteiger partial charge on any atom is -0.405 e. The van der Waals surface area contributed by atoms with E-state index in [0.29, 0.717) is 5.56 Å². The van der Waals surface area contributed by atoms with E-state index < -0.39 is 26.8 Å². The molecule has 0 N–H and O–H groups in total. The Balaban J connectivity index is 3.03. The normalized spacial score (nSPS) is 13.9. The highest BCUT2D eigenvalue weighted by Gasteiger charge is 2.43. The predicted molar refractivity (Wildman–Crippen MR) is 73.4 cm³/mol. The van der Waals surface area contributed by atoms with Crippen LogP contribution in [0.2, 0.25) is 19.6 Å². The highest BCUT2D eigenvalue weighted by Crippen LogP contribution is 2.39. The summed E-state index contributed by atoms with van der Waals surface area (Å²) < 4.78 is 34.1. The van der Waals surface area contributed by atoms with Crippen molar-refractivity contribution in [2.24, 2.45) is 0 Å². The summed E-state index contributed by atoms with van der Waals surface area (Å²) >= 11 is 0. The number of alkyl halides is 2. The Morgan fingerprint density at radius 1 is 1.26 bits per heavy atom. The molecular formula is C14H19F2NOSi. The van der Waals surface area contributed by atoms with Crippen LogP contribution in [0.15, 0.2) is 30.3 Å². The Kier molecular flexibility index (Phi) is 5.21. The van der Waals surface area contributed by atoms with E-state index in [9.17, 15) is 8.78 Å². The summed E-state index contributed by atoms with van der Waals surface area (Å²) in [6.45, 7) is 5.63. The third-order valence-corrected chi connectivity index (χ3v) is 3.47. The zero-order chi connectivity index (χ0) is 14.5. The molecule has 5 heteroatoms. The van der Waals surface area contributed by atoms with Gasteiger partial charge in [0.2, 0.25) is 0 Å². The van der Waals surface area contributed by atoms with Gasteiger partial charge in [0.05, 0.1) is 6.07 Å². The monoisotopic (exact) mass is 283 g/mol. The van der Waals surface area contributed by atoms with Gasteiger partial charge in [0, 0.05) is 12.8 Å². The van der Waals surface area contributed by atoms with Gasteiger partial charge >= 0.3 is 0 Å². The molecule has 0 fully saturated rings. The van der Waals surface area contributed by atoms with Crippen molar-refractivity contribution < 1.29 is 13.2 Å². The van der Waals surface area contributed by atoms with Crippen molar-refractivity contribution in [3.63, 3.8) is 0 Å². The molecular weight excluding hydrogens is 264 g/mol. The van der Waals surface area contributed by atoms with E-state index in [1.165, 1.54) is 0 Å². The van der Waals surface area contributed by atoms with Gasteiger partial charge in [-0.05, 0) is 25.2 Å². The van der Waals surface area contributed by atoms with Gasteiger partial charge in [0.25, 0.3) is 5.92 Å². The summed E-state index contributed by atoms with van der Waals surface area (Å²) in [5, 5.41) is 8.50. The average Bonchev–Trinajstić information content (AvgIpc) is 2.33. The topological polar surface area (TPSA) is 33.0 Å². The summed E-state index contributed by atoms with van der Waals surface area (Å²) in [5.74, 6) is -3.03. The van der Waals surface area contributed by atoms with Gasteiger partial charge in [0.1, 0.15) is 6.10 Å². The molecule has 0 aliphatic heterocycles. The first-order valence-corrected chi connectivity index (χ1v) is 9.64. The highest BCUT2D eigenvalue weighted by atomic mass is 28.4. The SMILES string of the molecule is C[Si](C)(C)OC(c1ccccc1)C(F)(F)CCC#N. The van der Waals surface area contributed by atoms with E-state index >= 15 is 0 Å². The molecule has 1 aromatic carbocycles. The third-order valence-electron chi connectivity index (χ3n) is 2.53. The molecule has 0 spiro atoms. The second-order valence-corrected chi connectivity index (χ2v) is 9.90. The van der Waals surface area contributed by atoms with Gasteiger partial charge in [-0.3, -0.25) is 0 Å². The number of hydrogen-bond acceptors (Lipinski definition) is 2. The van der Waals surface area contributed by atoms with Crippen molar-refractivity contribution in [1.29, 1.82) is 5.26 Å². The number of rotatable bonds is 6. The van der Waals surface area contributed by atoms with Crippen LogP contribution in [0.5, 0.6) is 0 Å². The van der Waals surface area contributed by atoms with Gasteiger partial charge in [-0.1, -0.05) is 30.3 Å². The lowest BCUT2D eigenvalue weighted by Crippen LogP contribution is -2.37. The van der Waals surface area contributed by atoms with Gasteiger partial charge in [0.15, 0.2) is 8.32 Å². The number of hydrogen-bond donors (Lipinski definition) is 0. The Morgan fingerprint density at radius 3 is 2.32 bits per heavy atom. The standard InChI is InChI=1S/C14H19F2NOSi/c1-19(2,3)18-13(12-8-5-4-6-9-12)14(15,16)10-7-11-17/h4-6,8-9,13H,7,10H2,1-3H3. The Bertz CT molecular complexity index is 437. The first kappa shape index (κ1) is 15.8. The van der Waals surface area contributed by atoms with Gasteiger partial charge in [-0.2, -0.15) is 5.26 Å². The molecule has 2 nitrogen and oxygen atoms in total. The van der Waals surface area contributed by atoms with Crippen LogP contribution >= 0.6 is 0 Å². The quantitative estimate of drug-likeness (QED) is 0.719. The molecule has 0 aliphatic carbocycles. The molecule has 1 aromatic rings. The molecule has 0 saturated carbocycles. The highest BCUT2D eigenvalue weighted by molar-refractivity contribution is 6.69. The predicted octanol–water partition coefficient (Wildman–Crippen LogP) is 4.52. The zero-order valence-electron chi connectivity index (χ0n) is 11.5. The van der Waals surface area contributed by atoms with Crippen LogP contribution in [-0.2, 0) is 4.43 Å². The molecule has 0 aliphatic rings. The van der Waals surface area contributed by atoms with Gasteiger partial charge < -0.3 is 4.43 Å². The van der Waals surface area contributed by atoms with Crippen molar-refractivity contribution in [1.82, 2.24) is 0 Å². The lowest BCUT2D eigenvalue weighted by Gasteiger charge is -2.32. The second-order valence-electron chi connectivity index (χ2n) is 5.44. The first-order valence-electron chi connectivity index (χ1n) is 6.24. The second kappa shape index (κ2) is 6.26. The molecule has 19 heavy (non-hydrogen) atoms. The van der Waals surface area contributed by atoms with Crippen molar-refractivity contribution in [3.8, 4) is 6.07 Å². The molecule has 1 atom stereocenters. The van der Waals surface area contributed by atoms with Crippen LogP contribution in [0.1, 0.15) is 24.5 Å². The minimum atomic E-state index is -3.03. The van der Waals surface area contributed by atoms with Crippen LogP contribution in [0.25, 0.3) is 0 Å². The first-order chi connectivity index (χ1) is 8.76. The molecule has 0 radical (unpaired) electrons. The number of halogens is 2. The van der Waals surface area contributed by atoms with Crippen LogP contribution < -0.4 is 0 Å². The van der Waals surface area contributed by atoms with E-state index in [0.717, 1.165) is 0 Å². The Morgan fingerprint density at radius 2 is 1.84 bits per heavy atom. The third kappa shape index (κ3) is 5.09. The lowest BCUT2D eigenvalue weighted by atomic mass is 10.0. The largest absolute Gasteiger partial charge is 0.405 e. The fraction of sp³-hybridized carbons (Fsp3) is 0.500. The van der Waals surface area contributed by atoms with Gasteiger partial charge in [-0.25, -0.2) is 8.78 Å². The molecule has 0 heterocycles. The van der Waals surface area contributed by atoms with Crippen molar-refractivity contribution >= 4 is 8.32 Å². The lowest BCUT2D eigenvalue weighted by molar-refractivity contribution is -0.106. The molecule has 0 bridgehead atoms. The van der Waals surface area contributed by atoms with Crippen LogP contribution in [0.4, 0.5) is 8.78 Å². The van der Waals surface area contributed by atoms with Gasteiger partial charge in [-0.15, -0.1) is 0 Å². The number of benzene rings is 1. The molecule has 1 unspecified atom stereocenters. The van der Waals surface area contributed by atoms with Crippen LogP contribution in [-0.4, -0.2) is 14.2 Å². The maximum Gasteiger partial charge on any atom is 0.277 e. The van der Waals surface area contributed by atoms with E-state index in [2.05, 4.69) is 0 Å². The summed E-state index contributed by atoms with van der Waals surface area (Å²) in [4.78, 5) is 0. The fourth-order valence-electron chi connectivity index (χ4n) is 1.73.